The van der Waals surface area contributed by atoms with Crippen LogP contribution in [0.25, 0.3) is 0 Å². The third-order valence-electron chi connectivity index (χ3n) is 2.29. The van der Waals surface area contributed by atoms with Gasteiger partial charge in [-0.15, -0.1) is 0 Å². The Morgan fingerprint density at radius 2 is 1.74 bits per heavy atom. The number of aldehydes is 1. The summed E-state index contributed by atoms with van der Waals surface area (Å²) in [6.45, 7) is -1.52. The van der Waals surface area contributed by atoms with Gasteiger partial charge in [0.25, 0.3) is 0 Å². The predicted octanol–water partition coefficient (Wildman–Crippen LogP) is 3.52. The van der Waals surface area contributed by atoms with E-state index in [1.165, 1.54) is 0 Å². The molecule has 19 heavy (non-hydrogen) atoms. The summed E-state index contributed by atoms with van der Waals surface area (Å²) in [6, 6.07) is 2.40. The summed E-state index contributed by atoms with van der Waals surface area (Å²) < 4.78 is 74.8. The first kappa shape index (κ1) is 15.3. The zero-order valence-electron chi connectivity index (χ0n) is 9.64. The van der Waals surface area contributed by atoms with Crippen molar-refractivity contribution in [2.75, 3.05) is 18.5 Å². The van der Waals surface area contributed by atoms with Gasteiger partial charge in [0.15, 0.2) is 0 Å². The summed E-state index contributed by atoms with van der Waals surface area (Å²) in [4.78, 5) is 10.9. The smallest absolute Gasteiger partial charge is 0.365 e. The Morgan fingerprint density at radius 1 is 1.16 bits per heavy atom. The fourth-order valence-corrected chi connectivity index (χ4v) is 1.54. The maximum absolute atomic E-state index is 12.7. The Kier molecular flexibility index (Phi) is 4.12. The van der Waals surface area contributed by atoms with Crippen LogP contribution in [0.4, 0.5) is 32.0 Å². The number of carbonyl (C=O) groups excluding carboxylic acids is 1. The van der Waals surface area contributed by atoms with Crippen molar-refractivity contribution in [2.45, 2.75) is 12.4 Å². The van der Waals surface area contributed by atoms with Crippen LogP contribution in [0.15, 0.2) is 18.2 Å². The molecule has 0 aliphatic carbocycles. The van der Waals surface area contributed by atoms with E-state index in [1.54, 1.807) is 0 Å². The maximum atomic E-state index is 12.7. The van der Waals surface area contributed by atoms with Crippen molar-refractivity contribution in [3.05, 3.63) is 29.3 Å². The van der Waals surface area contributed by atoms with E-state index in [2.05, 4.69) is 0 Å². The zero-order valence-corrected chi connectivity index (χ0v) is 9.64. The van der Waals surface area contributed by atoms with E-state index < -0.39 is 30.1 Å². The van der Waals surface area contributed by atoms with E-state index in [0.717, 1.165) is 19.2 Å². The zero-order chi connectivity index (χ0) is 14.8. The number of benzene rings is 1. The molecule has 0 radical (unpaired) electrons. The highest BCUT2D eigenvalue weighted by atomic mass is 19.4. The van der Waals surface area contributed by atoms with Gasteiger partial charge in [-0.25, -0.2) is 0 Å². The second kappa shape index (κ2) is 5.10. The van der Waals surface area contributed by atoms with E-state index >= 15 is 0 Å². The lowest BCUT2D eigenvalue weighted by Crippen LogP contribution is -2.32. The number of carbonyl (C=O) groups is 1. The van der Waals surface area contributed by atoms with Crippen molar-refractivity contribution < 1.29 is 31.1 Å². The molecule has 1 aromatic rings. The van der Waals surface area contributed by atoms with Crippen molar-refractivity contribution in [1.29, 1.82) is 0 Å². The monoisotopic (exact) mass is 285 g/mol. The van der Waals surface area contributed by atoms with Gasteiger partial charge in [0.2, 0.25) is 0 Å². The molecule has 0 bridgehead atoms. The van der Waals surface area contributed by atoms with E-state index in [-0.39, 0.29) is 11.8 Å². The minimum atomic E-state index is -4.84. The van der Waals surface area contributed by atoms with Gasteiger partial charge in [-0.1, -0.05) is 0 Å². The lowest BCUT2D eigenvalue weighted by molar-refractivity contribution is -0.138. The molecule has 1 rings (SSSR count). The van der Waals surface area contributed by atoms with E-state index in [1.807, 2.05) is 0 Å². The van der Waals surface area contributed by atoms with Crippen molar-refractivity contribution in [3.63, 3.8) is 0 Å². The molecule has 0 amide bonds. The first-order valence-corrected chi connectivity index (χ1v) is 4.99. The molecule has 0 saturated heterocycles. The topological polar surface area (TPSA) is 20.3 Å². The highest BCUT2D eigenvalue weighted by molar-refractivity contribution is 5.77. The van der Waals surface area contributed by atoms with Crippen molar-refractivity contribution >= 4 is 12.0 Å². The van der Waals surface area contributed by atoms with Crippen LogP contribution in [0.2, 0.25) is 0 Å². The highest BCUT2D eigenvalue weighted by Crippen LogP contribution is 2.37. The summed E-state index contributed by atoms with van der Waals surface area (Å²) in [5.41, 5.74) is -2.16. The number of hydrogen-bond donors (Lipinski definition) is 0. The van der Waals surface area contributed by atoms with E-state index in [4.69, 9.17) is 0 Å². The number of hydrogen-bond acceptors (Lipinski definition) is 2. The van der Waals surface area contributed by atoms with Crippen LogP contribution in [-0.2, 0) is 6.18 Å². The third-order valence-corrected chi connectivity index (χ3v) is 2.29. The average Bonchev–Trinajstić information content (AvgIpc) is 2.24. The molecule has 0 aliphatic heterocycles. The molecule has 1 aromatic carbocycles. The molecule has 0 unspecified atom stereocenters. The number of nitrogens with zero attached hydrogens (tertiary/aromatic N) is 1. The molecular formula is C11H9F6NO. The lowest BCUT2D eigenvalue weighted by atomic mass is 10.1. The molecule has 0 aromatic heterocycles. The van der Waals surface area contributed by atoms with Crippen LogP contribution in [-0.4, -0.2) is 26.1 Å². The standard InChI is InChI=1S/C11H9F6NO/c1-18(6-10(12,13)14)9-3-2-7(5-19)4-8(9)11(15,16)17/h2-5H,6H2,1H3. The Morgan fingerprint density at radius 3 is 2.16 bits per heavy atom. The molecule has 0 atom stereocenters. The highest BCUT2D eigenvalue weighted by Gasteiger charge is 2.37. The minimum absolute atomic E-state index is 0.197. The van der Waals surface area contributed by atoms with Crippen molar-refractivity contribution in [1.82, 2.24) is 0 Å². The van der Waals surface area contributed by atoms with Gasteiger partial charge in [0, 0.05) is 18.3 Å². The summed E-state index contributed by atoms with van der Waals surface area (Å²) >= 11 is 0. The van der Waals surface area contributed by atoms with E-state index in [9.17, 15) is 31.1 Å². The van der Waals surface area contributed by atoms with Crippen LogP contribution in [0, 0.1) is 0 Å². The van der Waals surface area contributed by atoms with Crippen LogP contribution in [0.1, 0.15) is 15.9 Å². The summed E-state index contributed by atoms with van der Waals surface area (Å²) in [7, 11) is 0.901. The third kappa shape index (κ3) is 4.15. The Bertz CT molecular complexity index is 465. The second-order valence-electron chi connectivity index (χ2n) is 3.86. The van der Waals surface area contributed by atoms with Gasteiger partial charge in [-0.2, -0.15) is 26.3 Å². The number of halogens is 6. The number of rotatable bonds is 3. The summed E-state index contributed by atoms with van der Waals surface area (Å²) in [6.07, 6.45) is -9.27. The molecule has 0 saturated carbocycles. The summed E-state index contributed by atoms with van der Waals surface area (Å²) in [5, 5.41) is 0. The molecule has 0 heterocycles. The van der Waals surface area contributed by atoms with Gasteiger partial charge in [0.05, 0.1) is 5.56 Å². The van der Waals surface area contributed by atoms with Crippen LogP contribution >= 0.6 is 0 Å². The normalized spacial score (nSPS) is 12.4. The van der Waals surface area contributed by atoms with Crippen molar-refractivity contribution in [2.24, 2.45) is 0 Å². The SMILES string of the molecule is CN(CC(F)(F)F)c1ccc(C=O)cc1C(F)(F)F. The van der Waals surface area contributed by atoms with Gasteiger partial charge in [-0.3, -0.25) is 4.79 Å². The molecule has 2 nitrogen and oxygen atoms in total. The Labute approximate surface area is 104 Å². The molecule has 0 spiro atoms. The first-order chi connectivity index (χ1) is 8.54. The molecule has 106 valence electrons. The van der Waals surface area contributed by atoms with Gasteiger partial charge in [-0.05, 0) is 18.2 Å². The predicted molar refractivity (Wildman–Crippen MR) is 56.2 cm³/mol. The van der Waals surface area contributed by atoms with Crippen LogP contribution < -0.4 is 4.90 Å². The van der Waals surface area contributed by atoms with Gasteiger partial charge < -0.3 is 4.90 Å². The van der Waals surface area contributed by atoms with Crippen molar-refractivity contribution in [3.8, 4) is 0 Å². The molecule has 0 fully saturated rings. The largest absolute Gasteiger partial charge is 0.418 e. The van der Waals surface area contributed by atoms with Gasteiger partial charge in [0.1, 0.15) is 12.8 Å². The second-order valence-corrected chi connectivity index (χ2v) is 3.86. The first-order valence-electron chi connectivity index (χ1n) is 4.99. The molecule has 0 N–H and O–H groups in total. The van der Waals surface area contributed by atoms with Crippen LogP contribution in [0.3, 0.4) is 0 Å². The summed E-state index contributed by atoms with van der Waals surface area (Å²) in [5.74, 6) is 0. The lowest BCUT2D eigenvalue weighted by Gasteiger charge is -2.24. The number of alkyl halides is 6. The minimum Gasteiger partial charge on any atom is -0.365 e. The quantitative estimate of drug-likeness (QED) is 0.625. The van der Waals surface area contributed by atoms with Crippen LogP contribution in [0.5, 0.6) is 0 Å². The van der Waals surface area contributed by atoms with Gasteiger partial charge >= 0.3 is 12.4 Å². The molecule has 0 aliphatic rings. The maximum Gasteiger partial charge on any atom is 0.418 e. The molecular weight excluding hydrogens is 276 g/mol. The Hall–Kier alpha value is -1.73. The fourth-order valence-electron chi connectivity index (χ4n) is 1.54. The Balaban J connectivity index is 3.23. The molecule has 8 heteroatoms. The number of anilines is 1. The van der Waals surface area contributed by atoms with E-state index in [0.29, 0.717) is 11.0 Å². The average molecular weight is 285 g/mol. The fraction of sp³-hybridized carbons (Fsp3) is 0.364.